The van der Waals surface area contributed by atoms with Crippen LogP contribution in [0.5, 0.6) is 0 Å². The molecule has 2 heterocycles. The van der Waals surface area contributed by atoms with E-state index in [2.05, 4.69) is 15.2 Å². The van der Waals surface area contributed by atoms with Gasteiger partial charge in [-0.2, -0.15) is 14.8 Å². The van der Waals surface area contributed by atoms with Gasteiger partial charge in [0.05, 0.1) is 12.1 Å². The number of hydrogen-bond acceptors (Lipinski definition) is 7. The predicted octanol–water partition coefficient (Wildman–Crippen LogP) is 1.18. The number of carboxylic acid groups (broad SMARTS) is 1. The van der Waals surface area contributed by atoms with E-state index in [1.54, 1.807) is 13.8 Å². The average molecular weight is 389 g/mol. The van der Waals surface area contributed by atoms with Crippen molar-refractivity contribution >= 4 is 5.97 Å². The second-order valence-electron chi connectivity index (χ2n) is 6.20. The molecule has 0 aliphatic carbocycles. The molecule has 28 heavy (non-hydrogen) atoms. The summed E-state index contributed by atoms with van der Waals surface area (Å²) in [5, 5.41) is 16.4. The van der Waals surface area contributed by atoms with Gasteiger partial charge >= 0.3 is 11.7 Å². The van der Waals surface area contributed by atoms with E-state index in [9.17, 15) is 18.8 Å². The molecular formula is C17H16FN5O5. The minimum Gasteiger partial charge on any atom is -0.481 e. The van der Waals surface area contributed by atoms with Crippen LogP contribution in [0.4, 0.5) is 4.39 Å². The fraction of sp³-hybridized carbons (Fsp3) is 0.294. The molecular weight excluding hydrogens is 373 g/mol. The first-order valence-electron chi connectivity index (χ1n) is 8.34. The zero-order valence-electron chi connectivity index (χ0n) is 15.0. The maximum atomic E-state index is 13.6. The summed E-state index contributed by atoms with van der Waals surface area (Å²) < 4.78 is 20.4. The second-order valence-corrected chi connectivity index (χ2v) is 6.20. The second kappa shape index (κ2) is 7.55. The minimum absolute atomic E-state index is 0.0122. The summed E-state index contributed by atoms with van der Waals surface area (Å²) in [7, 11) is 0. The third kappa shape index (κ3) is 3.72. The van der Waals surface area contributed by atoms with Gasteiger partial charge in [-0.3, -0.25) is 14.2 Å². The molecule has 0 spiro atoms. The largest absolute Gasteiger partial charge is 0.481 e. The molecule has 10 nitrogen and oxygen atoms in total. The number of rotatable bonds is 6. The highest BCUT2D eigenvalue weighted by Crippen LogP contribution is 2.12. The van der Waals surface area contributed by atoms with E-state index in [1.807, 2.05) is 0 Å². The minimum atomic E-state index is -1.04. The van der Waals surface area contributed by atoms with Gasteiger partial charge < -0.3 is 9.63 Å². The number of halogens is 1. The monoisotopic (exact) mass is 389 g/mol. The summed E-state index contributed by atoms with van der Waals surface area (Å²) in [6.45, 7) is 3.27. The first kappa shape index (κ1) is 19.1. The lowest BCUT2D eigenvalue weighted by Crippen LogP contribution is -2.42. The Labute approximate surface area is 156 Å². The van der Waals surface area contributed by atoms with Crippen LogP contribution in [0, 0.1) is 5.82 Å². The van der Waals surface area contributed by atoms with Gasteiger partial charge in [-0.1, -0.05) is 11.2 Å². The summed E-state index contributed by atoms with van der Waals surface area (Å²) in [4.78, 5) is 40.1. The Bertz CT molecular complexity index is 1150. The smallest absolute Gasteiger partial charge is 0.352 e. The third-order valence-corrected chi connectivity index (χ3v) is 3.81. The number of benzene rings is 1. The van der Waals surface area contributed by atoms with Crippen molar-refractivity contribution in [2.75, 3.05) is 0 Å². The summed E-state index contributed by atoms with van der Waals surface area (Å²) in [6, 6.07) is 4.66. The van der Waals surface area contributed by atoms with Crippen molar-refractivity contribution < 1.29 is 18.8 Å². The van der Waals surface area contributed by atoms with Gasteiger partial charge in [0.25, 0.3) is 5.56 Å². The van der Waals surface area contributed by atoms with Crippen LogP contribution in [0.15, 0.2) is 38.4 Å². The zero-order chi connectivity index (χ0) is 20.4. The fourth-order valence-corrected chi connectivity index (χ4v) is 2.53. The number of carboxylic acids is 1. The van der Waals surface area contributed by atoms with Gasteiger partial charge in [0.1, 0.15) is 5.82 Å². The Morgan fingerprint density at radius 2 is 2.07 bits per heavy atom. The molecule has 0 aliphatic rings. The number of carbonyl (C=O) groups is 1. The Hall–Kier alpha value is -3.63. The van der Waals surface area contributed by atoms with Crippen LogP contribution in [0.1, 0.15) is 32.2 Å². The Kier molecular flexibility index (Phi) is 5.16. The molecule has 0 saturated carbocycles. The highest BCUT2D eigenvalue weighted by molar-refractivity contribution is 5.66. The molecule has 0 aliphatic heterocycles. The zero-order valence-corrected chi connectivity index (χ0v) is 15.0. The van der Waals surface area contributed by atoms with E-state index in [0.29, 0.717) is 0 Å². The number of nitrogens with zero attached hydrogens (tertiary/aromatic N) is 5. The van der Waals surface area contributed by atoms with Crippen molar-refractivity contribution in [3.8, 4) is 17.2 Å². The van der Waals surface area contributed by atoms with Crippen LogP contribution in [0.2, 0.25) is 0 Å². The first-order chi connectivity index (χ1) is 13.3. The van der Waals surface area contributed by atoms with E-state index >= 15 is 0 Å². The van der Waals surface area contributed by atoms with Crippen molar-refractivity contribution in [2.45, 2.75) is 32.7 Å². The molecule has 0 atom stereocenters. The fourth-order valence-electron chi connectivity index (χ4n) is 2.53. The van der Waals surface area contributed by atoms with Crippen LogP contribution in [-0.2, 0) is 11.2 Å². The Morgan fingerprint density at radius 3 is 2.71 bits per heavy atom. The topological polar surface area (TPSA) is 133 Å². The average Bonchev–Trinajstić information content (AvgIpc) is 3.08. The van der Waals surface area contributed by atoms with E-state index in [1.165, 1.54) is 18.2 Å². The Morgan fingerprint density at radius 1 is 1.32 bits per heavy atom. The Balaban J connectivity index is 2.18. The quantitative estimate of drug-likeness (QED) is 0.664. The van der Waals surface area contributed by atoms with Gasteiger partial charge in [0.15, 0.2) is 5.69 Å². The molecule has 0 amide bonds. The molecule has 0 saturated heterocycles. The maximum absolute atomic E-state index is 13.6. The normalized spacial score (nSPS) is 11.1. The van der Waals surface area contributed by atoms with Gasteiger partial charge in [-0.25, -0.2) is 9.18 Å². The molecule has 1 aromatic carbocycles. The van der Waals surface area contributed by atoms with Crippen molar-refractivity contribution in [1.29, 1.82) is 0 Å². The molecule has 0 unspecified atom stereocenters. The lowest BCUT2D eigenvalue weighted by molar-refractivity contribution is -0.137. The summed E-state index contributed by atoms with van der Waals surface area (Å²) in [5.74, 6) is -1.80. The van der Waals surface area contributed by atoms with Crippen LogP contribution >= 0.6 is 0 Å². The van der Waals surface area contributed by atoms with E-state index in [4.69, 9.17) is 9.63 Å². The van der Waals surface area contributed by atoms with Crippen LogP contribution in [-0.4, -0.2) is 35.6 Å². The SMILES string of the molecule is CC(C)n1c(=O)c(-c2noc(CCC(=O)O)n2)nn(-c2cccc(F)c2)c1=O. The predicted molar refractivity (Wildman–Crippen MR) is 93.7 cm³/mol. The molecule has 0 radical (unpaired) electrons. The van der Waals surface area contributed by atoms with Crippen LogP contribution in [0.3, 0.4) is 0 Å². The lowest BCUT2D eigenvalue weighted by atomic mass is 10.3. The summed E-state index contributed by atoms with van der Waals surface area (Å²) >= 11 is 0. The van der Waals surface area contributed by atoms with Crippen LogP contribution in [0.25, 0.3) is 17.2 Å². The first-order valence-corrected chi connectivity index (χ1v) is 8.34. The number of aryl methyl sites for hydroxylation is 1. The van der Waals surface area contributed by atoms with Crippen molar-refractivity contribution in [3.63, 3.8) is 0 Å². The van der Waals surface area contributed by atoms with E-state index < -0.39 is 29.1 Å². The van der Waals surface area contributed by atoms with Gasteiger partial charge in [-0.15, -0.1) is 0 Å². The molecule has 1 N–H and O–H groups in total. The maximum Gasteiger partial charge on any atom is 0.352 e. The van der Waals surface area contributed by atoms with Crippen LogP contribution < -0.4 is 11.2 Å². The molecule has 11 heteroatoms. The highest BCUT2D eigenvalue weighted by atomic mass is 19.1. The number of aliphatic carboxylic acids is 1. The standard InChI is InChI=1S/C17H16FN5O5/c1-9(2)22-16(26)14(15-19-12(28-21-15)6-7-13(24)25)20-23(17(22)27)11-5-3-4-10(18)8-11/h3-5,8-9H,6-7H2,1-2H3,(H,24,25). The van der Waals surface area contributed by atoms with Gasteiger partial charge in [0.2, 0.25) is 11.7 Å². The molecule has 3 rings (SSSR count). The molecule has 3 aromatic rings. The number of aromatic nitrogens is 5. The van der Waals surface area contributed by atoms with Gasteiger partial charge in [0, 0.05) is 12.5 Å². The summed E-state index contributed by atoms with van der Waals surface area (Å²) in [6.07, 6.45) is -0.252. The molecule has 2 aromatic heterocycles. The summed E-state index contributed by atoms with van der Waals surface area (Å²) in [5.41, 5.74) is -1.64. The van der Waals surface area contributed by atoms with E-state index in [0.717, 1.165) is 15.3 Å². The van der Waals surface area contributed by atoms with Crippen molar-refractivity contribution in [1.82, 2.24) is 24.5 Å². The third-order valence-electron chi connectivity index (χ3n) is 3.81. The molecule has 146 valence electrons. The van der Waals surface area contributed by atoms with E-state index in [-0.39, 0.29) is 35.9 Å². The lowest BCUT2D eigenvalue weighted by Gasteiger charge is -2.13. The highest BCUT2D eigenvalue weighted by Gasteiger charge is 2.22. The molecule has 0 bridgehead atoms. The number of hydrogen-bond donors (Lipinski definition) is 1. The van der Waals surface area contributed by atoms with Crippen molar-refractivity contribution in [2.24, 2.45) is 0 Å². The molecule has 0 fully saturated rings. The van der Waals surface area contributed by atoms with Crippen molar-refractivity contribution in [3.05, 3.63) is 56.8 Å². The van der Waals surface area contributed by atoms with Gasteiger partial charge in [-0.05, 0) is 32.0 Å².